The summed E-state index contributed by atoms with van der Waals surface area (Å²) in [5.74, 6) is 2.03. The fourth-order valence-electron chi connectivity index (χ4n) is 2.40. The van der Waals surface area contributed by atoms with Crippen molar-refractivity contribution in [2.75, 3.05) is 20.8 Å². The van der Waals surface area contributed by atoms with Crippen molar-refractivity contribution in [1.82, 2.24) is 0 Å². The van der Waals surface area contributed by atoms with E-state index in [1.807, 2.05) is 25.1 Å². The summed E-state index contributed by atoms with van der Waals surface area (Å²) >= 11 is 0. The molecule has 2 rings (SSSR count). The lowest BCUT2D eigenvalue weighted by atomic mass is 9.98. The molecule has 1 aliphatic rings. The lowest BCUT2D eigenvalue weighted by molar-refractivity contribution is 0.0282. The molecule has 1 fully saturated rings. The first-order valence-electron chi connectivity index (χ1n) is 6.80. The smallest absolute Gasteiger partial charge is 0.161 e. The van der Waals surface area contributed by atoms with Crippen molar-refractivity contribution in [2.24, 2.45) is 11.7 Å². The molecule has 1 saturated carbocycles. The van der Waals surface area contributed by atoms with Crippen LogP contribution in [0.4, 0.5) is 0 Å². The minimum atomic E-state index is -0.118. The molecule has 2 unspecified atom stereocenters. The Morgan fingerprint density at radius 3 is 2.42 bits per heavy atom. The van der Waals surface area contributed by atoms with Crippen LogP contribution in [0.3, 0.4) is 0 Å². The zero-order valence-electron chi connectivity index (χ0n) is 11.9. The number of benzene rings is 1. The molecule has 2 atom stereocenters. The molecule has 4 nitrogen and oxygen atoms in total. The highest BCUT2D eigenvalue weighted by molar-refractivity contribution is 5.44. The molecule has 19 heavy (non-hydrogen) atoms. The van der Waals surface area contributed by atoms with Crippen LogP contribution in [0, 0.1) is 5.92 Å². The van der Waals surface area contributed by atoms with Crippen LogP contribution in [0.2, 0.25) is 0 Å². The van der Waals surface area contributed by atoms with Crippen molar-refractivity contribution in [3.05, 3.63) is 23.8 Å². The largest absolute Gasteiger partial charge is 0.493 e. The molecule has 1 aromatic carbocycles. The summed E-state index contributed by atoms with van der Waals surface area (Å²) < 4.78 is 16.4. The first kappa shape index (κ1) is 14.2. The van der Waals surface area contributed by atoms with Crippen molar-refractivity contribution in [3.8, 4) is 11.5 Å². The van der Waals surface area contributed by atoms with E-state index < -0.39 is 0 Å². The normalized spacial score (nSPS) is 17.9. The van der Waals surface area contributed by atoms with E-state index in [1.54, 1.807) is 14.2 Å². The molecule has 0 spiro atoms. The van der Waals surface area contributed by atoms with Crippen LogP contribution in [0.5, 0.6) is 11.5 Å². The van der Waals surface area contributed by atoms with Crippen LogP contribution in [0.15, 0.2) is 18.2 Å². The van der Waals surface area contributed by atoms with Gasteiger partial charge in [-0.05, 0) is 43.4 Å². The number of rotatable bonds is 7. The Morgan fingerprint density at radius 2 is 1.89 bits per heavy atom. The van der Waals surface area contributed by atoms with Gasteiger partial charge in [-0.25, -0.2) is 0 Å². The van der Waals surface area contributed by atoms with Crippen LogP contribution in [0.1, 0.15) is 31.4 Å². The quantitative estimate of drug-likeness (QED) is 0.823. The van der Waals surface area contributed by atoms with Crippen molar-refractivity contribution in [3.63, 3.8) is 0 Å². The lowest BCUT2D eigenvalue weighted by Crippen LogP contribution is -2.31. The Kier molecular flexibility index (Phi) is 4.66. The van der Waals surface area contributed by atoms with Crippen LogP contribution in [0.25, 0.3) is 0 Å². The molecule has 106 valence electrons. The zero-order chi connectivity index (χ0) is 13.8. The minimum Gasteiger partial charge on any atom is -0.493 e. The summed E-state index contributed by atoms with van der Waals surface area (Å²) in [5.41, 5.74) is 7.39. The van der Waals surface area contributed by atoms with E-state index in [2.05, 4.69) is 0 Å². The molecule has 0 amide bonds. The molecule has 0 heterocycles. The highest BCUT2D eigenvalue weighted by Gasteiger charge is 2.36. The van der Waals surface area contributed by atoms with Crippen LogP contribution < -0.4 is 15.2 Å². The van der Waals surface area contributed by atoms with E-state index in [0.717, 1.165) is 11.3 Å². The van der Waals surface area contributed by atoms with Gasteiger partial charge in [0.05, 0.1) is 26.4 Å². The molecule has 0 aliphatic heterocycles. The predicted octanol–water partition coefficient (Wildman–Crippen LogP) is 2.52. The second-order valence-electron chi connectivity index (χ2n) is 4.90. The summed E-state index contributed by atoms with van der Waals surface area (Å²) in [5, 5.41) is 0. The highest BCUT2D eigenvalue weighted by Crippen LogP contribution is 2.40. The summed E-state index contributed by atoms with van der Waals surface area (Å²) in [7, 11) is 3.26. The van der Waals surface area contributed by atoms with Crippen molar-refractivity contribution >= 4 is 0 Å². The molecule has 4 heteroatoms. The molecule has 1 aliphatic carbocycles. The van der Waals surface area contributed by atoms with Gasteiger partial charge in [0.25, 0.3) is 0 Å². The summed E-state index contributed by atoms with van der Waals surface area (Å²) in [6.07, 6.45) is 2.53. The average molecular weight is 265 g/mol. The summed E-state index contributed by atoms with van der Waals surface area (Å²) in [4.78, 5) is 0. The van der Waals surface area contributed by atoms with Crippen LogP contribution in [-0.2, 0) is 4.74 Å². The Hall–Kier alpha value is -1.26. The van der Waals surface area contributed by atoms with Gasteiger partial charge in [-0.15, -0.1) is 0 Å². The third-order valence-electron chi connectivity index (χ3n) is 3.59. The average Bonchev–Trinajstić information content (AvgIpc) is 3.27. The Morgan fingerprint density at radius 1 is 1.21 bits per heavy atom. The maximum atomic E-state index is 6.36. The Labute approximate surface area is 114 Å². The Bertz CT molecular complexity index is 418. The SMILES string of the molecule is CCOC(C1CC1)C(N)c1ccc(OC)c(OC)c1. The molecule has 0 aromatic heterocycles. The van der Waals surface area contributed by atoms with E-state index in [4.69, 9.17) is 19.9 Å². The number of nitrogens with two attached hydrogens (primary N) is 1. The second-order valence-corrected chi connectivity index (χ2v) is 4.90. The number of hydrogen-bond acceptors (Lipinski definition) is 4. The minimum absolute atomic E-state index is 0.100. The van der Waals surface area contributed by atoms with Gasteiger partial charge >= 0.3 is 0 Å². The highest BCUT2D eigenvalue weighted by atomic mass is 16.5. The predicted molar refractivity (Wildman–Crippen MR) is 74.6 cm³/mol. The first-order chi connectivity index (χ1) is 9.21. The van der Waals surface area contributed by atoms with Crippen molar-refractivity contribution in [2.45, 2.75) is 31.9 Å². The van der Waals surface area contributed by atoms with Crippen molar-refractivity contribution < 1.29 is 14.2 Å². The molecular formula is C15H23NO3. The van der Waals surface area contributed by atoms with Gasteiger partial charge in [0.15, 0.2) is 11.5 Å². The molecule has 1 aromatic rings. The summed E-state index contributed by atoms with van der Waals surface area (Å²) in [6, 6.07) is 5.70. The maximum Gasteiger partial charge on any atom is 0.161 e. The van der Waals surface area contributed by atoms with E-state index in [1.165, 1.54) is 12.8 Å². The molecule has 0 radical (unpaired) electrons. The standard InChI is InChI=1S/C15H23NO3/c1-4-19-15(10-5-6-10)14(16)11-7-8-12(17-2)13(9-11)18-3/h7-10,14-15H,4-6,16H2,1-3H3. The topological polar surface area (TPSA) is 53.7 Å². The van der Waals surface area contributed by atoms with Gasteiger partial charge in [-0.2, -0.15) is 0 Å². The van der Waals surface area contributed by atoms with Gasteiger partial charge in [-0.1, -0.05) is 6.07 Å². The van der Waals surface area contributed by atoms with Crippen LogP contribution in [-0.4, -0.2) is 26.9 Å². The Balaban J connectivity index is 2.19. The van der Waals surface area contributed by atoms with E-state index in [-0.39, 0.29) is 12.1 Å². The fourth-order valence-corrected chi connectivity index (χ4v) is 2.40. The van der Waals surface area contributed by atoms with E-state index in [9.17, 15) is 0 Å². The van der Waals surface area contributed by atoms with Gasteiger partial charge in [0.2, 0.25) is 0 Å². The number of ether oxygens (including phenoxy) is 3. The number of hydrogen-bond donors (Lipinski definition) is 1. The van der Waals surface area contributed by atoms with E-state index in [0.29, 0.717) is 18.3 Å². The lowest BCUT2D eigenvalue weighted by Gasteiger charge is -2.24. The van der Waals surface area contributed by atoms with Crippen molar-refractivity contribution in [1.29, 1.82) is 0 Å². The first-order valence-corrected chi connectivity index (χ1v) is 6.80. The third kappa shape index (κ3) is 3.19. The molecule has 2 N–H and O–H groups in total. The van der Waals surface area contributed by atoms with Gasteiger partial charge in [-0.3, -0.25) is 0 Å². The van der Waals surface area contributed by atoms with E-state index >= 15 is 0 Å². The second kappa shape index (κ2) is 6.26. The monoisotopic (exact) mass is 265 g/mol. The zero-order valence-corrected chi connectivity index (χ0v) is 11.9. The van der Waals surface area contributed by atoms with Gasteiger partial charge < -0.3 is 19.9 Å². The maximum absolute atomic E-state index is 6.36. The van der Waals surface area contributed by atoms with Crippen LogP contribution >= 0.6 is 0 Å². The van der Waals surface area contributed by atoms with Gasteiger partial charge in [0.1, 0.15) is 0 Å². The number of methoxy groups -OCH3 is 2. The third-order valence-corrected chi connectivity index (χ3v) is 3.59. The molecule has 0 bridgehead atoms. The fraction of sp³-hybridized carbons (Fsp3) is 0.600. The summed E-state index contributed by atoms with van der Waals surface area (Å²) in [6.45, 7) is 2.71. The molecule has 0 saturated heterocycles. The van der Waals surface area contributed by atoms with Gasteiger partial charge in [0, 0.05) is 6.61 Å². The molecular weight excluding hydrogens is 242 g/mol.